The maximum atomic E-state index is 12.6. The number of hydrogen-bond donors (Lipinski definition) is 2. The fraction of sp³-hybridized carbons (Fsp3) is 0.857. The van der Waals surface area contributed by atoms with Crippen LogP contribution in [0.15, 0.2) is 0 Å². The first-order valence-corrected chi connectivity index (χ1v) is 7.28. The number of urea groups is 1. The molecule has 0 aliphatic rings. The lowest BCUT2D eigenvalue weighted by molar-refractivity contribution is -0.137. The van der Waals surface area contributed by atoms with Crippen LogP contribution in [0.1, 0.15) is 47.0 Å². The molecule has 0 aliphatic heterocycles. The number of amides is 2. The van der Waals surface area contributed by atoms with Crippen molar-refractivity contribution in [2.75, 3.05) is 19.7 Å². The summed E-state index contributed by atoms with van der Waals surface area (Å²) in [5.41, 5.74) is 0. The Kier molecular flexibility index (Phi) is 8.96. The van der Waals surface area contributed by atoms with Crippen LogP contribution >= 0.6 is 0 Å². The van der Waals surface area contributed by atoms with E-state index in [0.29, 0.717) is 0 Å². The minimum Gasteiger partial charge on any atom is -0.481 e. The molecule has 0 unspecified atom stereocenters. The van der Waals surface area contributed by atoms with Gasteiger partial charge in [0.15, 0.2) is 0 Å². The van der Waals surface area contributed by atoms with Gasteiger partial charge < -0.3 is 20.0 Å². The van der Waals surface area contributed by atoms with E-state index in [1.165, 1.54) is 0 Å². The van der Waals surface area contributed by atoms with Gasteiger partial charge in [0.25, 0.3) is 0 Å². The van der Waals surface area contributed by atoms with E-state index in [9.17, 15) is 9.59 Å². The molecule has 0 aromatic carbocycles. The fourth-order valence-corrected chi connectivity index (χ4v) is 2.23. The predicted octanol–water partition coefficient (Wildman–Crippen LogP) is 1.77. The highest BCUT2D eigenvalue weighted by atomic mass is 16.4. The standard InChI is InChI=1S/C14H28N2O4/c1-5-12(6-2)16(9-10-17)14(20)15(11(3)4)8-7-13(18)19/h11-12,17H,5-10H2,1-4H3,(H,18,19). The predicted molar refractivity (Wildman–Crippen MR) is 77.7 cm³/mol. The lowest BCUT2D eigenvalue weighted by Crippen LogP contribution is -2.51. The first-order chi connectivity index (χ1) is 9.38. The minimum atomic E-state index is -0.917. The number of carboxylic acids is 1. The van der Waals surface area contributed by atoms with Crippen LogP contribution in [0, 0.1) is 0 Å². The Labute approximate surface area is 121 Å². The van der Waals surface area contributed by atoms with Crippen LogP contribution < -0.4 is 0 Å². The summed E-state index contributed by atoms with van der Waals surface area (Å²) in [5, 5.41) is 17.9. The van der Waals surface area contributed by atoms with Crippen molar-refractivity contribution in [3.8, 4) is 0 Å². The second-order valence-corrected chi connectivity index (χ2v) is 5.10. The van der Waals surface area contributed by atoms with Gasteiger partial charge in [-0.05, 0) is 26.7 Å². The SMILES string of the molecule is CCC(CC)N(CCO)C(=O)N(CCC(=O)O)C(C)C. The smallest absolute Gasteiger partial charge is 0.320 e. The van der Waals surface area contributed by atoms with Crippen molar-refractivity contribution in [3.05, 3.63) is 0 Å². The van der Waals surface area contributed by atoms with Gasteiger partial charge in [-0.1, -0.05) is 13.8 Å². The average molecular weight is 288 g/mol. The molecule has 0 aliphatic carbocycles. The number of carbonyl (C=O) groups excluding carboxylic acids is 1. The second kappa shape index (κ2) is 9.58. The molecule has 0 rings (SSSR count). The molecule has 6 nitrogen and oxygen atoms in total. The average Bonchev–Trinajstić information content (AvgIpc) is 2.38. The monoisotopic (exact) mass is 288 g/mol. The van der Waals surface area contributed by atoms with Crippen molar-refractivity contribution < 1.29 is 19.8 Å². The number of rotatable bonds is 9. The van der Waals surface area contributed by atoms with E-state index in [1.54, 1.807) is 9.80 Å². The van der Waals surface area contributed by atoms with Crippen molar-refractivity contribution in [1.29, 1.82) is 0 Å². The largest absolute Gasteiger partial charge is 0.481 e. The van der Waals surface area contributed by atoms with Crippen LogP contribution in [0.25, 0.3) is 0 Å². The Hall–Kier alpha value is -1.30. The Morgan fingerprint density at radius 1 is 1.05 bits per heavy atom. The molecule has 0 saturated heterocycles. The van der Waals surface area contributed by atoms with Crippen molar-refractivity contribution in [1.82, 2.24) is 9.80 Å². The van der Waals surface area contributed by atoms with E-state index in [2.05, 4.69) is 0 Å². The number of nitrogens with zero attached hydrogens (tertiary/aromatic N) is 2. The van der Waals surface area contributed by atoms with E-state index < -0.39 is 5.97 Å². The summed E-state index contributed by atoms with van der Waals surface area (Å²) in [6, 6.07) is -0.192. The van der Waals surface area contributed by atoms with Crippen molar-refractivity contribution >= 4 is 12.0 Å². The van der Waals surface area contributed by atoms with Gasteiger partial charge in [-0.25, -0.2) is 4.79 Å². The number of carboxylic acid groups (broad SMARTS) is 1. The van der Waals surface area contributed by atoms with Gasteiger partial charge in [-0.2, -0.15) is 0 Å². The highest BCUT2D eigenvalue weighted by Crippen LogP contribution is 2.14. The molecule has 0 bridgehead atoms. The van der Waals surface area contributed by atoms with Crippen LogP contribution in [0.3, 0.4) is 0 Å². The summed E-state index contributed by atoms with van der Waals surface area (Å²) >= 11 is 0. The summed E-state index contributed by atoms with van der Waals surface area (Å²) in [5.74, 6) is -0.917. The van der Waals surface area contributed by atoms with Crippen molar-refractivity contribution in [2.45, 2.75) is 59.0 Å². The third-order valence-corrected chi connectivity index (χ3v) is 3.41. The zero-order chi connectivity index (χ0) is 15.7. The second-order valence-electron chi connectivity index (χ2n) is 5.10. The minimum absolute atomic E-state index is 0.0696. The molecule has 20 heavy (non-hydrogen) atoms. The molecule has 0 fully saturated rings. The van der Waals surface area contributed by atoms with Crippen LogP contribution in [-0.4, -0.2) is 63.8 Å². The summed E-state index contributed by atoms with van der Waals surface area (Å²) in [7, 11) is 0. The maximum absolute atomic E-state index is 12.6. The number of hydrogen-bond acceptors (Lipinski definition) is 3. The molecule has 0 saturated carbocycles. The molecule has 118 valence electrons. The Morgan fingerprint density at radius 3 is 1.95 bits per heavy atom. The fourth-order valence-electron chi connectivity index (χ4n) is 2.23. The van der Waals surface area contributed by atoms with Gasteiger partial charge in [0.05, 0.1) is 13.0 Å². The lowest BCUT2D eigenvalue weighted by atomic mass is 10.1. The van der Waals surface area contributed by atoms with Gasteiger partial charge in [0.1, 0.15) is 0 Å². The molecule has 0 heterocycles. The summed E-state index contributed by atoms with van der Waals surface area (Å²) < 4.78 is 0. The third-order valence-electron chi connectivity index (χ3n) is 3.41. The van der Waals surface area contributed by atoms with Gasteiger partial charge in [0.2, 0.25) is 0 Å². The molecule has 0 spiro atoms. The quantitative estimate of drug-likeness (QED) is 0.677. The van der Waals surface area contributed by atoms with Crippen molar-refractivity contribution in [3.63, 3.8) is 0 Å². The van der Waals surface area contributed by atoms with E-state index in [-0.39, 0.29) is 44.2 Å². The van der Waals surface area contributed by atoms with Crippen LogP contribution in [0.2, 0.25) is 0 Å². The summed E-state index contributed by atoms with van der Waals surface area (Å²) in [4.78, 5) is 26.5. The molecule has 2 N–H and O–H groups in total. The Balaban J connectivity index is 4.99. The van der Waals surface area contributed by atoms with E-state index >= 15 is 0 Å². The van der Waals surface area contributed by atoms with E-state index in [1.807, 2.05) is 27.7 Å². The topological polar surface area (TPSA) is 81.1 Å². The summed E-state index contributed by atoms with van der Waals surface area (Å²) in [6.45, 7) is 8.11. The van der Waals surface area contributed by atoms with E-state index in [4.69, 9.17) is 10.2 Å². The third kappa shape index (κ3) is 5.77. The Bertz CT molecular complexity index is 304. The van der Waals surface area contributed by atoms with Gasteiger partial charge in [0, 0.05) is 25.2 Å². The molecule has 0 aromatic heterocycles. The first kappa shape index (κ1) is 18.7. The molecule has 2 amide bonds. The van der Waals surface area contributed by atoms with Crippen LogP contribution in [0.4, 0.5) is 4.79 Å². The normalized spacial score (nSPS) is 10.9. The van der Waals surface area contributed by atoms with Gasteiger partial charge in [-0.3, -0.25) is 4.79 Å². The molecule has 6 heteroatoms. The molecular weight excluding hydrogens is 260 g/mol. The number of aliphatic carboxylic acids is 1. The summed E-state index contributed by atoms with van der Waals surface area (Å²) in [6.07, 6.45) is 1.56. The first-order valence-electron chi connectivity index (χ1n) is 7.28. The van der Waals surface area contributed by atoms with Crippen LogP contribution in [-0.2, 0) is 4.79 Å². The molecular formula is C14H28N2O4. The van der Waals surface area contributed by atoms with Crippen molar-refractivity contribution in [2.24, 2.45) is 0 Å². The van der Waals surface area contributed by atoms with Gasteiger partial charge >= 0.3 is 12.0 Å². The number of carbonyl (C=O) groups is 2. The lowest BCUT2D eigenvalue weighted by Gasteiger charge is -2.37. The Morgan fingerprint density at radius 2 is 1.60 bits per heavy atom. The zero-order valence-corrected chi connectivity index (χ0v) is 13.0. The highest BCUT2D eigenvalue weighted by molar-refractivity contribution is 5.76. The highest BCUT2D eigenvalue weighted by Gasteiger charge is 2.27. The molecule has 0 atom stereocenters. The molecule has 0 radical (unpaired) electrons. The van der Waals surface area contributed by atoms with E-state index in [0.717, 1.165) is 12.8 Å². The zero-order valence-electron chi connectivity index (χ0n) is 13.0. The van der Waals surface area contributed by atoms with Crippen LogP contribution in [0.5, 0.6) is 0 Å². The molecule has 0 aromatic rings. The van der Waals surface area contributed by atoms with Gasteiger partial charge in [-0.15, -0.1) is 0 Å². The number of aliphatic hydroxyl groups is 1. The maximum Gasteiger partial charge on any atom is 0.320 e. The number of aliphatic hydroxyl groups excluding tert-OH is 1.